The van der Waals surface area contributed by atoms with E-state index in [1.807, 2.05) is 13.8 Å². The predicted molar refractivity (Wildman–Crippen MR) is 71.4 cm³/mol. The van der Waals surface area contributed by atoms with Gasteiger partial charge in [-0.1, -0.05) is 13.8 Å². The van der Waals surface area contributed by atoms with Crippen LogP contribution in [-0.4, -0.2) is 32.8 Å². The van der Waals surface area contributed by atoms with Crippen molar-refractivity contribution in [1.82, 2.24) is 4.72 Å². The Hall–Kier alpha value is -1.11. The van der Waals surface area contributed by atoms with E-state index in [-0.39, 0.29) is 28.2 Å². The van der Waals surface area contributed by atoms with Crippen LogP contribution < -0.4 is 4.72 Å². The van der Waals surface area contributed by atoms with Gasteiger partial charge in [0, 0.05) is 18.6 Å². The lowest BCUT2D eigenvalue weighted by Crippen LogP contribution is -2.61. The number of phenolic OH excluding ortho intramolecular Hbond substituents is 1. The van der Waals surface area contributed by atoms with E-state index in [1.54, 1.807) is 7.11 Å². The third kappa shape index (κ3) is 2.61. The van der Waals surface area contributed by atoms with Gasteiger partial charge in [0.1, 0.15) is 5.75 Å². The molecule has 0 aromatic heterocycles. The minimum Gasteiger partial charge on any atom is -0.508 e. The van der Waals surface area contributed by atoms with Gasteiger partial charge in [0.25, 0.3) is 0 Å². The van der Waals surface area contributed by atoms with Crippen LogP contribution in [0.4, 0.5) is 0 Å². The van der Waals surface area contributed by atoms with Crippen LogP contribution in [0.1, 0.15) is 20.3 Å². The molecule has 106 valence electrons. The smallest absolute Gasteiger partial charge is 0.240 e. The first-order valence-corrected chi connectivity index (χ1v) is 7.60. The Labute approximate surface area is 113 Å². The number of aromatic hydroxyl groups is 1. The van der Waals surface area contributed by atoms with Crippen LogP contribution in [-0.2, 0) is 14.8 Å². The second-order valence-electron chi connectivity index (χ2n) is 5.45. The van der Waals surface area contributed by atoms with Gasteiger partial charge < -0.3 is 9.84 Å². The number of rotatable bonds is 4. The van der Waals surface area contributed by atoms with E-state index in [1.165, 1.54) is 24.3 Å². The SMILES string of the molecule is COC1CC(NS(=O)(=O)c2ccc(O)cc2)C1(C)C. The summed E-state index contributed by atoms with van der Waals surface area (Å²) in [6, 6.07) is 5.35. The second-order valence-corrected chi connectivity index (χ2v) is 7.16. The molecule has 0 saturated heterocycles. The maximum atomic E-state index is 12.2. The Morgan fingerprint density at radius 3 is 2.37 bits per heavy atom. The molecule has 0 radical (unpaired) electrons. The molecule has 1 saturated carbocycles. The molecule has 6 heteroatoms. The van der Waals surface area contributed by atoms with Crippen LogP contribution in [0.15, 0.2) is 29.2 Å². The zero-order valence-electron chi connectivity index (χ0n) is 11.3. The fourth-order valence-corrected chi connectivity index (χ4v) is 3.77. The molecule has 2 rings (SSSR count). The molecular weight excluding hydrogens is 266 g/mol. The second kappa shape index (κ2) is 4.77. The van der Waals surface area contributed by atoms with Crippen molar-refractivity contribution in [2.45, 2.75) is 37.3 Å². The molecule has 1 aliphatic carbocycles. The van der Waals surface area contributed by atoms with Crippen molar-refractivity contribution < 1.29 is 18.3 Å². The number of nitrogens with one attached hydrogen (secondary N) is 1. The summed E-state index contributed by atoms with van der Waals surface area (Å²) in [7, 11) is -1.92. The molecule has 0 bridgehead atoms. The topological polar surface area (TPSA) is 75.6 Å². The zero-order chi connectivity index (χ0) is 14.3. The van der Waals surface area contributed by atoms with Crippen molar-refractivity contribution in [2.75, 3.05) is 7.11 Å². The van der Waals surface area contributed by atoms with E-state index in [0.717, 1.165) is 0 Å². The quantitative estimate of drug-likeness (QED) is 0.878. The van der Waals surface area contributed by atoms with Crippen molar-refractivity contribution in [2.24, 2.45) is 5.41 Å². The highest BCUT2D eigenvalue weighted by molar-refractivity contribution is 7.89. The van der Waals surface area contributed by atoms with Gasteiger partial charge in [0.2, 0.25) is 10.0 Å². The third-order valence-corrected chi connectivity index (χ3v) is 5.39. The number of ether oxygens (including phenoxy) is 1. The lowest BCUT2D eigenvalue weighted by atomic mass is 9.65. The van der Waals surface area contributed by atoms with E-state index >= 15 is 0 Å². The first-order valence-electron chi connectivity index (χ1n) is 6.11. The van der Waals surface area contributed by atoms with Gasteiger partial charge in [-0.25, -0.2) is 13.1 Å². The Morgan fingerprint density at radius 2 is 1.89 bits per heavy atom. The number of phenols is 1. The summed E-state index contributed by atoms with van der Waals surface area (Å²) in [6.45, 7) is 3.96. The molecule has 1 aromatic rings. The number of hydrogen-bond donors (Lipinski definition) is 2. The molecule has 2 N–H and O–H groups in total. The summed E-state index contributed by atoms with van der Waals surface area (Å²) < 4.78 is 32.4. The molecule has 5 nitrogen and oxygen atoms in total. The number of methoxy groups -OCH3 is 1. The molecule has 1 aromatic carbocycles. The summed E-state index contributed by atoms with van der Waals surface area (Å²) in [6.07, 6.45) is 0.737. The molecule has 1 aliphatic rings. The summed E-state index contributed by atoms with van der Waals surface area (Å²) in [5.74, 6) is 0.0439. The average Bonchev–Trinajstić information content (AvgIpc) is 2.34. The normalized spacial score (nSPS) is 25.8. The Kier molecular flexibility index (Phi) is 3.59. The van der Waals surface area contributed by atoms with Gasteiger partial charge in [0.05, 0.1) is 11.0 Å². The van der Waals surface area contributed by atoms with E-state index in [9.17, 15) is 13.5 Å². The summed E-state index contributed by atoms with van der Waals surface area (Å²) in [5.41, 5.74) is -0.223. The van der Waals surface area contributed by atoms with Crippen molar-refractivity contribution in [3.05, 3.63) is 24.3 Å². The zero-order valence-corrected chi connectivity index (χ0v) is 12.1. The number of sulfonamides is 1. The molecule has 0 amide bonds. The predicted octanol–water partition coefficient (Wildman–Crippen LogP) is 1.48. The molecule has 1 fully saturated rings. The highest BCUT2D eigenvalue weighted by Crippen LogP contribution is 2.43. The molecule has 0 heterocycles. The van der Waals surface area contributed by atoms with E-state index < -0.39 is 10.0 Å². The van der Waals surface area contributed by atoms with Crippen LogP contribution in [0, 0.1) is 5.41 Å². The lowest BCUT2D eigenvalue weighted by Gasteiger charge is -2.50. The Bertz CT molecular complexity index is 551. The van der Waals surface area contributed by atoms with E-state index in [0.29, 0.717) is 6.42 Å². The van der Waals surface area contributed by atoms with Gasteiger partial charge in [-0.15, -0.1) is 0 Å². The molecular formula is C13H19NO4S. The first-order chi connectivity index (χ1) is 8.77. The van der Waals surface area contributed by atoms with Gasteiger partial charge in [-0.05, 0) is 30.7 Å². The monoisotopic (exact) mass is 285 g/mol. The van der Waals surface area contributed by atoms with Crippen molar-refractivity contribution in [3.8, 4) is 5.75 Å². The molecule has 2 unspecified atom stereocenters. The minimum absolute atomic E-state index is 0.0439. The minimum atomic E-state index is -3.56. The fourth-order valence-electron chi connectivity index (χ4n) is 2.37. The lowest BCUT2D eigenvalue weighted by molar-refractivity contribution is -0.0908. The Morgan fingerprint density at radius 1 is 1.32 bits per heavy atom. The highest BCUT2D eigenvalue weighted by atomic mass is 32.2. The van der Waals surface area contributed by atoms with Crippen LogP contribution in [0.25, 0.3) is 0 Å². The standard InChI is InChI=1S/C13H19NO4S/c1-13(2)11(8-12(13)18-3)14-19(16,17)10-6-4-9(15)5-7-10/h4-7,11-12,14-15H,8H2,1-3H3. The first kappa shape index (κ1) is 14.3. The Balaban J connectivity index is 2.13. The molecule has 0 spiro atoms. The maximum absolute atomic E-state index is 12.2. The number of hydrogen-bond acceptors (Lipinski definition) is 4. The average molecular weight is 285 g/mol. The third-order valence-electron chi connectivity index (χ3n) is 3.91. The highest BCUT2D eigenvalue weighted by Gasteiger charge is 2.50. The van der Waals surface area contributed by atoms with Crippen LogP contribution >= 0.6 is 0 Å². The van der Waals surface area contributed by atoms with E-state index in [4.69, 9.17) is 4.74 Å². The molecule has 0 aliphatic heterocycles. The van der Waals surface area contributed by atoms with Gasteiger partial charge >= 0.3 is 0 Å². The van der Waals surface area contributed by atoms with Gasteiger partial charge in [-0.3, -0.25) is 0 Å². The largest absolute Gasteiger partial charge is 0.508 e. The fraction of sp³-hybridized carbons (Fsp3) is 0.538. The van der Waals surface area contributed by atoms with Crippen molar-refractivity contribution >= 4 is 10.0 Å². The molecule has 2 atom stereocenters. The van der Waals surface area contributed by atoms with Crippen LogP contribution in [0.5, 0.6) is 5.75 Å². The van der Waals surface area contributed by atoms with Crippen LogP contribution in [0.2, 0.25) is 0 Å². The summed E-state index contributed by atoms with van der Waals surface area (Å²) in [5, 5.41) is 9.18. The van der Waals surface area contributed by atoms with Crippen molar-refractivity contribution in [1.29, 1.82) is 0 Å². The maximum Gasteiger partial charge on any atom is 0.240 e. The summed E-state index contributed by atoms with van der Waals surface area (Å²) in [4.78, 5) is 0.155. The number of benzene rings is 1. The van der Waals surface area contributed by atoms with Crippen molar-refractivity contribution in [3.63, 3.8) is 0 Å². The summed E-state index contributed by atoms with van der Waals surface area (Å²) >= 11 is 0. The van der Waals surface area contributed by atoms with Gasteiger partial charge in [-0.2, -0.15) is 0 Å². The molecule has 19 heavy (non-hydrogen) atoms. The van der Waals surface area contributed by atoms with Crippen LogP contribution in [0.3, 0.4) is 0 Å². The van der Waals surface area contributed by atoms with Gasteiger partial charge in [0.15, 0.2) is 0 Å². The van der Waals surface area contributed by atoms with E-state index in [2.05, 4.69) is 4.72 Å².